The second-order valence-corrected chi connectivity index (χ2v) is 8.08. The molecule has 4 aromatic rings. The van der Waals surface area contributed by atoms with E-state index >= 15 is 0 Å². The van der Waals surface area contributed by atoms with E-state index < -0.39 is 0 Å². The van der Waals surface area contributed by atoms with Crippen molar-refractivity contribution in [2.75, 3.05) is 0 Å². The summed E-state index contributed by atoms with van der Waals surface area (Å²) in [5.74, 6) is 0.755. The van der Waals surface area contributed by atoms with Crippen LogP contribution in [-0.4, -0.2) is 0 Å². The first-order valence-electron chi connectivity index (χ1n) is 9.41. The maximum Gasteiger partial charge on any atom is 0.134 e. The van der Waals surface area contributed by atoms with Gasteiger partial charge in [-0.25, -0.2) is 0 Å². The van der Waals surface area contributed by atoms with E-state index in [0.29, 0.717) is 17.2 Å². The molecule has 4 aromatic carbocycles. The van der Waals surface area contributed by atoms with Crippen molar-refractivity contribution in [3.63, 3.8) is 0 Å². The van der Waals surface area contributed by atoms with Crippen LogP contribution in [0.3, 0.4) is 0 Å². The van der Waals surface area contributed by atoms with Gasteiger partial charge < -0.3 is 4.74 Å². The van der Waals surface area contributed by atoms with Gasteiger partial charge in [0.05, 0.1) is 16.1 Å². The van der Waals surface area contributed by atoms with Gasteiger partial charge in [0.25, 0.3) is 0 Å². The average Bonchev–Trinajstić information content (AvgIpc) is 2.77. The minimum absolute atomic E-state index is 0.476. The van der Waals surface area contributed by atoms with Crippen LogP contribution in [0.1, 0.15) is 16.7 Å². The maximum absolute atomic E-state index is 9.54. The van der Waals surface area contributed by atoms with Crippen LogP contribution in [0.25, 0.3) is 22.4 Å². The monoisotopic (exact) mass is 473 g/mol. The molecule has 2 nitrogen and oxygen atoms in total. The number of hydrogen-bond donors (Lipinski definition) is 0. The van der Waals surface area contributed by atoms with Crippen LogP contribution in [0, 0.1) is 11.3 Å². The van der Waals surface area contributed by atoms with E-state index in [1.165, 1.54) is 10.8 Å². The fraction of sp³-hybridized carbons (Fsp3) is 0.0385. The Morgan fingerprint density at radius 2 is 1.73 bits per heavy atom. The van der Waals surface area contributed by atoms with E-state index in [1.807, 2.05) is 54.6 Å². The van der Waals surface area contributed by atoms with E-state index in [-0.39, 0.29) is 0 Å². The lowest BCUT2D eigenvalue weighted by molar-refractivity contribution is 0.305. The molecule has 0 N–H and O–H groups in total. The fourth-order valence-electron chi connectivity index (χ4n) is 3.27. The van der Waals surface area contributed by atoms with Gasteiger partial charge in [0, 0.05) is 5.02 Å². The van der Waals surface area contributed by atoms with Gasteiger partial charge in [0.2, 0.25) is 0 Å². The third-order valence-electron chi connectivity index (χ3n) is 4.81. The normalized spacial score (nSPS) is 11.3. The molecule has 0 saturated carbocycles. The molecule has 0 amide bonds. The van der Waals surface area contributed by atoms with Crippen LogP contribution in [0.15, 0.2) is 89.4 Å². The van der Waals surface area contributed by atoms with E-state index in [0.717, 1.165) is 26.9 Å². The second kappa shape index (κ2) is 9.17. The lowest BCUT2D eigenvalue weighted by Crippen LogP contribution is -1.97. The maximum atomic E-state index is 9.54. The van der Waals surface area contributed by atoms with Crippen molar-refractivity contribution >= 4 is 50.0 Å². The molecule has 30 heavy (non-hydrogen) atoms. The number of fused-ring (bicyclic) bond motifs is 1. The molecule has 0 atom stereocenters. The number of nitriles is 1. The van der Waals surface area contributed by atoms with Crippen molar-refractivity contribution in [2.24, 2.45) is 0 Å². The van der Waals surface area contributed by atoms with Gasteiger partial charge in [-0.2, -0.15) is 5.26 Å². The molecule has 0 aromatic heterocycles. The molecule has 0 aliphatic heterocycles. The predicted molar refractivity (Wildman–Crippen MR) is 127 cm³/mol. The van der Waals surface area contributed by atoms with Crippen LogP contribution in [0.2, 0.25) is 5.02 Å². The summed E-state index contributed by atoms with van der Waals surface area (Å²) in [6.45, 7) is 0.476. The van der Waals surface area contributed by atoms with Crippen molar-refractivity contribution in [3.8, 4) is 11.8 Å². The number of benzene rings is 4. The number of rotatable bonds is 5. The molecular formula is C26H17BrClNO. The number of ether oxygens (including phenoxy) is 1. The molecule has 0 aliphatic carbocycles. The first-order valence-corrected chi connectivity index (χ1v) is 10.6. The van der Waals surface area contributed by atoms with Crippen molar-refractivity contribution in [3.05, 3.63) is 111 Å². The largest absolute Gasteiger partial charge is 0.488 e. The fourth-order valence-corrected chi connectivity index (χ4v) is 3.91. The van der Waals surface area contributed by atoms with Crippen LogP contribution >= 0.6 is 27.5 Å². The van der Waals surface area contributed by atoms with Crippen LogP contribution in [0.4, 0.5) is 0 Å². The Bertz CT molecular complexity index is 1270. The summed E-state index contributed by atoms with van der Waals surface area (Å²) in [6, 6.07) is 29.8. The topological polar surface area (TPSA) is 33.0 Å². The highest BCUT2D eigenvalue weighted by atomic mass is 79.9. The van der Waals surface area contributed by atoms with E-state index in [9.17, 15) is 5.26 Å². The molecule has 0 fully saturated rings. The van der Waals surface area contributed by atoms with Crippen LogP contribution < -0.4 is 4.74 Å². The Morgan fingerprint density at radius 1 is 0.967 bits per heavy atom. The molecule has 146 valence electrons. The van der Waals surface area contributed by atoms with Crippen molar-refractivity contribution < 1.29 is 4.74 Å². The quantitative estimate of drug-likeness (QED) is 0.217. The van der Waals surface area contributed by atoms with E-state index in [1.54, 1.807) is 12.1 Å². The second-order valence-electron chi connectivity index (χ2n) is 6.79. The zero-order valence-corrected chi connectivity index (χ0v) is 18.3. The Balaban J connectivity index is 1.54. The zero-order chi connectivity index (χ0) is 20.9. The van der Waals surface area contributed by atoms with Crippen molar-refractivity contribution in [1.29, 1.82) is 5.26 Å². The average molecular weight is 475 g/mol. The van der Waals surface area contributed by atoms with Gasteiger partial charge in [-0.3, -0.25) is 0 Å². The predicted octanol–water partition coefficient (Wildman–Crippen LogP) is 7.90. The van der Waals surface area contributed by atoms with Crippen LogP contribution in [-0.2, 0) is 6.61 Å². The Hall–Kier alpha value is -3.06. The Labute approximate surface area is 189 Å². The molecule has 4 rings (SSSR count). The Kier molecular flexibility index (Phi) is 6.18. The number of halogens is 2. The number of nitrogens with zero attached hydrogens (tertiary/aromatic N) is 1. The highest BCUT2D eigenvalue weighted by Crippen LogP contribution is 2.30. The highest BCUT2D eigenvalue weighted by molar-refractivity contribution is 9.10. The lowest BCUT2D eigenvalue weighted by atomic mass is 10.0. The molecule has 0 spiro atoms. The molecule has 0 aliphatic rings. The lowest BCUT2D eigenvalue weighted by Gasteiger charge is -2.11. The molecular weight excluding hydrogens is 458 g/mol. The molecule has 0 bridgehead atoms. The SMILES string of the molecule is N#C/C(=C/c1ccc(OCc2cccc3ccccc23)c(Br)c1)c1ccc(Cl)cc1. The van der Waals surface area contributed by atoms with Gasteiger partial charge >= 0.3 is 0 Å². The molecule has 0 heterocycles. The van der Waals surface area contributed by atoms with Gasteiger partial charge in [0.1, 0.15) is 12.4 Å². The van der Waals surface area contributed by atoms with Crippen molar-refractivity contribution in [2.45, 2.75) is 6.61 Å². The third kappa shape index (κ3) is 4.57. The summed E-state index contributed by atoms with van der Waals surface area (Å²) in [4.78, 5) is 0. The standard InChI is InChI=1S/C26H17BrClNO/c27-25-15-18(14-22(16-29)19-9-11-23(28)12-10-19)8-13-26(25)30-17-21-6-3-5-20-4-1-2-7-24(20)21/h1-15H,17H2/b22-14-. The van der Waals surface area contributed by atoms with Gasteiger partial charge in [0.15, 0.2) is 0 Å². The number of hydrogen-bond acceptors (Lipinski definition) is 2. The van der Waals surface area contributed by atoms with Crippen molar-refractivity contribution in [1.82, 2.24) is 0 Å². The summed E-state index contributed by atoms with van der Waals surface area (Å²) >= 11 is 9.54. The molecule has 0 radical (unpaired) electrons. The minimum Gasteiger partial charge on any atom is -0.488 e. The summed E-state index contributed by atoms with van der Waals surface area (Å²) in [5, 5.41) is 12.6. The molecule has 0 unspecified atom stereocenters. The smallest absolute Gasteiger partial charge is 0.134 e. The summed E-state index contributed by atoms with van der Waals surface area (Å²) in [7, 11) is 0. The number of allylic oxidation sites excluding steroid dienone is 1. The Morgan fingerprint density at radius 3 is 2.50 bits per heavy atom. The highest BCUT2D eigenvalue weighted by Gasteiger charge is 2.07. The van der Waals surface area contributed by atoms with Gasteiger partial charge in [-0.05, 0) is 73.7 Å². The molecule has 4 heteroatoms. The third-order valence-corrected chi connectivity index (χ3v) is 5.68. The molecule has 0 saturated heterocycles. The summed E-state index contributed by atoms with van der Waals surface area (Å²) in [6.07, 6.45) is 1.85. The first-order chi connectivity index (χ1) is 14.6. The van der Waals surface area contributed by atoms with E-state index in [2.05, 4.69) is 46.3 Å². The summed E-state index contributed by atoms with van der Waals surface area (Å²) < 4.78 is 6.91. The van der Waals surface area contributed by atoms with E-state index in [4.69, 9.17) is 16.3 Å². The summed E-state index contributed by atoms with van der Waals surface area (Å²) in [5.41, 5.74) is 3.45. The van der Waals surface area contributed by atoms with Gasteiger partial charge in [-0.15, -0.1) is 0 Å². The van der Waals surface area contributed by atoms with Gasteiger partial charge in [-0.1, -0.05) is 72.3 Å². The minimum atomic E-state index is 0.476. The first kappa shape index (κ1) is 20.2. The van der Waals surface area contributed by atoms with Crippen LogP contribution in [0.5, 0.6) is 5.75 Å². The zero-order valence-electron chi connectivity index (χ0n) is 16.0.